The van der Waals surface area contributed by atoms with Crippen LogP contribution in [0, 0.1) is 0 Å². The van der Waals surface area contributed by atoms with Gasteiger partial charge in [0.1, 0.15) is 0 Å². The van der Waals surface area contributed by atoms with E-state index in [1.165, 1.54) is 35.7 Å². The fraction of sp³-hybridized carbons (Fsp3) is 0.417. The van der Waals surface area contributed by atoms with Crippen molar-refractivity contribution < 1.29 is 0 Å². The van der Waals surface area contributed by atoms with Gasteiger partial charge in [0.2, 0.25) is 0 Å². The molecule has 2 nitrogen and oxygen atoms in total. The van der Waals surface area contributed by atoms with Crippen molar-refractivity contribution in [2.75, 3.05) is 0 Å². The summed E-state index contributed by atoms with van der Waals surface area (Å²) >= 11 is 0. The summed E-state index contributed by atoms with van der Waals surface area (Å²) in [6.45, 7) is 2.27. The van der Waals surface area contributed by atoms with Gasteiger partial charge in [-0.1, -0.05) is 6.92 Å². The Morgan fingerprint density at radius 1 is 1.50 bits per heavy atom. The zero-order valence-electron chi connectivity index (χ0n) is 8.38. The SMILES string of the molecule is CCC1CCc2cc3cn[nH]c3cc21. The van der Waals surface area contributed by atoms with E-state index in [9.17, 15) is 0 Å². The van der Waals surface area contributed by atoms with E-state index in [1.807, 2.05) is 6.20 Å². The van der Waals surface area contributed by atoms with Crippen molar-refractivity contribution in [1.82, 2.24) is 10.2 Å². The molecule has 1 heterocycles. The molecule has 1 aromatic carbocycles. The number of rotatable bonds is 1. The lowest BCUT2D eigenvalue weighted by molar-refractivity contribution is 0.656. The van der Waals surface area contributed by atoms with Crippen LogP contribution in [0.25, 0.3) is 10.9 Å². The van der Waals surface area contributed by atoms with Crippen molar-refractivity contribution in [2.24, 2.45) is 0 Å². The number of hydrogen-bond donors (Lipinski definition) is 1. The summed E-state index contributed by atoms with van der Waals surface area (Å²) < 4.78 is 0. The van der Waals surface area contributed by atoms with Crippen molar-refractivity contribution in [3.63, 3.8) is 0 Å². The van der Waals surface area contributed by atoms with E-state index in [1.54, 1.807) is 5.56 Å². The van der Waals surface area contributed by atoms with Crippen molar-refractivity contribution in [1.29, 1.82) is 0 Å². The van der Waals surface area contributed by atoms with Gasteiger partial charge in [-0.05, 0) is 48.4 Å². The lowest BCUT2D eigenvalue weighted by atomic mass is 9.98. The highest BCUT2D eigenvalue weighted by atomic mass is 15.1. The number of nitrogens with one attached hydrogen (secondary N) is 1. The number of aromatic nitrogens is 2. The predicted octanol–water partition coefficient (Wildman–Crippen LogP) is 3.00. The van der Waals surface area contributed by atoms with Gasteiger partial charge in [-0.25, -0.2) is 0 Å². The summed E-state index contributed by atoms with van der Waals surface area (Å²) in [5.74, 6) is 0.776. The molecule has 1 aromatic heterocycles. The summed E-state index contributed by atoms with van der Waals surface area (Å²) in [6, 6.07) is 4.59. The van der Waals surface area contributed by atoms with Crippen LogP contribution in [0.2, 0.25) is 0 Å². The summed E-state index contributed by atoms with van der Waals surface area (Å²) in [5, 5.41) is 8.36. The minimum atomic E-state index is 0.776. The molecule has 0 aliphatic heterocycles. The topological polar surface area (TPSA) is 28.7 Å². The number of nitrogens with zero attached hydrogens (tertiary/aromatic N) is 1. The molecule has 1 aliphatic carbocycles. The Kier molecular flexibility index (Phi) is 1.63. The molecule has 2 heteroatoms. The standard InChI is InChI=1S/C12H14N2/c1-2-8-3-4-9-5-10-7-13-14-12(10)6-11(8)9/h5-8H,2-4H2,1H3,(H,13,14). The second-order valence-electron chi connectivity index (χ2n) is 4.15. The van der Waals surface area contributed by atoms with Gasteiger partial charge in [0.15, 0.2) is 0 Å². The number of aryl methyl sites for hydroxylation is 1. The minimum absolute atomic E-state index is 0.776. The predicted molar refractivity (Wildman–Crippen MR) is 57.4 cm³/mol. The van der Waals surface area contributed by atoms with Crippen molar-refractivity contribution in [2.45, 2.75) is 32.1 Å². The molecular weight excluding hydrogens is 172 g/mol. The Morgan fingerprint density at radius 2 is 2.43 bits per heavy atom. The molecular formula is C12H14N2. The average Bonchev–Trinajstić information content (AvgIpc) is 2.78. The third-order valence-electron chi connectivity index (χ3n) is 3.39. The highest BCUT2D eigenvalue weighted by Crippen LogP contribution is 2.37. The molecule has 0 spiro atoms. The zero-order valence-corrected chi connectivity index (χ0v) is 8.38. The number of fused-ring (bicyclic) bond motifs is 2. The van der Waals surface area contributed by atoms with E-state index in [0.29, 0.717) is 0 Å². The van der Waals surface area contributed by atoms with Crippen LogP contribution in [0.5, 0.6) is 0 Å². The van der Waals surface area contributed by atoms with Gasteiger partial charge in [0, 0.05) is 5.39 Å². The fourth-order valence-corrected chi connectivity index (χ4v) is 2.56. The Morgan fingerprint density at radius 3 is 3.29 bits per heavy atom. The van der Waals surface area contributed by atoms with Crippen LogP contribution in [0.3, 0.4) is 0 Å². The number of H-pyrrole nitrogens is 1. The first kappa shape index (κ1) is 8.04. The molecule has 0 radical (unpaired) electrons. The Bertz CT molecular complexity index is 470. The maximum absolute atomic E-state index is 4.07. The maximum Gasteiger partial charge on any atom is 0.0653 e. The molecule has 2 aromatic rings. The highest BCUT2D eigenvalue weighted by molar-refractivity contribution is 5.80. The van der Waals surface area contributed by atoms with E-state index in [-0.39, 0.29) is 0 Å². The zero-order chi connectivity index (χ0) is 9.54. The minimum Gasteiger partial charge on any atom is -0.278 e. The van der Waals surface area contributed by atoms with Crippen molar-refractivity contribution in [3.05, 3.63) is 29.5 Å². The molecule has 1 N–H and O–H groups in total. The first-order valence-electron chi connectivity index (χ1n) is 5.34. The third-order valence-corrected chi connectivity index (χ3v) is 3.39. The molecule has 0 bridgehead atoms. The quantitative estimate of drug-likeness (QED) is 0.728. The molecule has 1 unspecified atom stereocenters. The Balaban J connectivity index is 2.23. The summed E-state index contributed by atoms with van der Waals surface area (Å²) in [7, 11) is 0. The highest BCUT2D eigenvalue weighted by Gasteiger charge is 2.21. The van der Waals surface area contributed by atoms with Crippen LogP contribution < -0.4 is 0 Å². The van der Waals surface area contributed by atoms with Crippen molar-refractivity contribution >= 4 is 10.9 Å². The second-order valence-corrected chi connectivity index (χ2v) is 4.15. The Labute approximate surface area is 83.3 Å². The van der Waals surface area contributed by atoms with E-state index < -0.39 is 0 Å². The van der Waals surface area contributed by atoms with Crippen LogP contribution in [0.1, 0.15) is 36.8 Å². The van der Waals surface area contributed by atoms with E-state index in [0.717, 1.165) is 5.92 Å². The molecule has 1 aliphatic rings. The van der Waals surface area contributed by atoms with Gasteiger partial charge in [0.05, 0.1) is 11.7 Å². The summed E-state index contributed by atoms with van der Waals surface area (Å²) in [4.78, 5) is 0. The molecule has 0 saturated heterocycles. The summed E-state index contributed by atoms with van der Waals surface area (Å²) in [6.07, 6.45) is 5.74. The lowest BCUT2D eigenvalue weighted by Gasteiger charge is -2.07. The number of benzene rings is 1. The first-order valence-corrected chi connectivity index (χ1v) is 5.34. The molecule has 0 saturated carbocycles. The Hall–Kier alpha value is -1.31. The van der Waals surface area contributed by atoms with Gasteiger partial charge in [0.25, 0.3) is 0 Å². The molecule has 1 atom stereocenters. The average molecular weight is 186 g/mol. The molecule has 0 amide bonds. The molecule has 14 heavy (non-hydrogen) atoms. The van der Waals surface area contributed by atoms with Crippen LogP contribution in [0.15, 0.2) is 18.3 Å². The van der Waals surface area contributed by atoms with E-state index in [2.05, 4.69) is 29.3 Å². The normalized spacial score (nSPS) is 20.2. The van der Waals surface area contributed by atoms with E-state index >= 15 is 0 Å². The van der Waals surface area contributed by atoms with Crippen LogP contribution in [-0.2, 0) is 6.42 Å². The largest absolute Gasteiger partial charge is 0.278 e. The first-order chi connectivity index (χ1) is 6.88. The van der Waals surface area contributed by atoms with Gasteiger partial charge >= 0.3 is 0 Å². The van der Waals surface area contributed by atoms with Gasteiger partial charge in [-0.2, -0.15) is 5.10 Å². The van der Waals surface area contributed by atoms with Crippen molar-refractivity contribution in [3.8, 4) is 0 Å². The smallest absolute Gasteiger partial charge is 0.0653 e. The number of aromatic amines is 1. The second kappa shape index (κ2) is 2.84. The van der Waals surface area contributed by atoms with E-state index in [4.69, 9.17) is 0 Å². The monoisotopic (exact) mass is 186 g/mol. The fourth-order valence-electron chi connectivity index (χ4n) is 2.56. The van der Waals surface area contributed by atoms with Gasteiger partial charge in [-0.15, -0.1) is 0 Å². The third kappa shape index (κ3) is 0.999. The lowest BCUT2D eigenvalue weighted by Crippen LogP contribution is -1.90. The van der Waals surface area contributed by atoms with Crippen LogP contribution in [0.4, 0.5) is 0 Å². The number of hydrogen-bond acceptors (Lipinski definition) is 1. The molecule has 0 fully saturated rings. The van der Waals surface area contributed by atoms with Crippen LogP contribution >= 0.6 is 0 Å². The molecule has 3 rings (SSSR count). The molecule has 72 valence electrons. The maximum atomic E-state index is 4.07. The van der Waals surface area contributed by atoms with Gasteiger partial charge in [-0.3, -0.25) is 5.10 Å². The van der Waals surface area contributed by atoms with Crippen LogP contribution in [-0.4, -0.2) is 10.2 Å². The van der Waals surface area contributed by atoms with Gasteiger partial charge < -0.3 is 0 Å². The summed E-state index contributed by atoms with van der Waals surface area (Å²) in [5.41, 5.74) is 4.26.